The largest absolute Gasteiger partial charge is 0.509 e. The average Bonchev–Trinajstić information content (AvgIpc) is 2.95. The molecular formula is C24H26ClNO3. The molecule has 4 rings (SSSR count). The topological polar surface area (TPSA) is 58.6 Å². The number of halogens is 1. The first kappa shape index (κ1) is 20.0. The smallest absolute Gasteiger partial charge is 0.256 e. The third kappa shape index (κ3) is 3.45. The maximum atomic E-state index is 13.0. The second-order valence-electron chi connectivity index (χ2n) is 8.45. The molecule has 0 atom stereocenters. The Morgan fingerprint density at radius 3 is 2.28 bits per heavy atom. The highest BCUT2D eigenvalue weighted by molar-refractivity contribution is 6.30. The van der Waals surface area contributed by atoms with Crippen LogP contribution >= 0.6 is 11.6 Å². The van der Waals surface area contributed by atoms with Gasteiger partial charge >= 0.3 is 0 Å². The zero-order valence-corrected chi connectivity index (χ0v) is 17.8. The standard InChI is InChI=1S/C24H26ClNO3/c1-15-4-5-17(16-6-8-18(25)9-7-16)14-19(15)20-21(27)24(26-22(20)28)12-10-23(2,29-3)11-13-24/h4-9,14,27H,10-13H2,1-3H3,(H,26,28)/t23-,24+. The Kier molecular flexibility index (Phi) is 4.96. The summed E-state index contributed by atoms with van der Waals surface area (Å²) in [6.45, 7) is 4.04. The van der Waals surface area contributed by atoms with Gasteiger partial charge in [0.2, 0.25) is 0 Å². The van der Waals surface area contributed by atoms with Crippen LogP contribution in [-0.2, 0) is 9.53 Å². The third-order valence-electron chi connectivity index (χ3n) is 6.61. The summed E-state index contributed by atoms with van der Waals surface area (Å²) in [5, 5.41) is 15.0. The van der Waals surface area contributed by atoms with Crippen molar-refractivity contribution in [1.29, 1.82) is 0 Å². The van der Waals surface area contributed by atoms with Gasteiger partial charge in [-0.3, -0.25) is 4.79 Å². The van der Waals surface area contributed by atoms with Crippen molar-refractivity contribution in [3.8, 4) is 11.1 Å². The molecule has 29 heavy (non-hydrogen) atoms. The normalized spacial score (nSPS) is 26.8. The van der Waals surface area contributed by atoms with E-state index in [4.69, 9.17) is 16.3 Å². The Morgan fingerprint density at radius 1 is 1.03 bits per heavy atom. The quantitative estimate of drug-likeness (QED) is 0.707. The number of amides is 1. The fourth-order valence-electron chi connectivity index (χ4n) is 4.42. The Bertz CT molecular complexity index is 986. The number of nitrogens with one attached hydrogen (secondary N) is 1. The summed E-state index contributed by atoms with van der Waals surface area (Å²) in [6.07, 6.45) is 2.89. The molecule has 2 aromatic rings. The number of aryl methyl sites for hydroxylation is 1. The predicted molar refractivity (Wildman–Crippen MR) is 116 cm³/mol. The fraction of sp³-hybridized carbons (Fsp3) is 0.375. The van der Waals surface area contributed by atoms with Gasteiger partial charge in [0, 0.05) is 12.1 Å². The van der Waals surface area contributed by atoms with E-state index in [1.807, 2.05) is 49.4 Å². The second-order valence-corrected chi connectivity index (χ2v) is 8.89. The van der Waals surface area contributed by atoms with E-state index in [2.05, 4.69) is 12.2 Å². The van der Waals surface area contributed by atoms with E-state index in [0.717, 1.165) is 35.1 Å². The Hall–Kier alpha value is -2.30. The molecule has 1 fully saturated rings. The zero-order chi connectivity index (χ0) is 20.8. The molecule has 1 aliphatic heterocycles. The number of benzene rings is 2. The number of methoxy groups -OCH3 is 1. The van der Waals surface area contributed by atoms with Gasteiger partial charge in [0.15, 0.2) is 0 Å². The van der Waals surface area contributed by atoms with Crippen LogP contribution in [0.25, 0.3) is 16.7 Å². The second kappa shape index (κ2) is 7.19. The molecule has 5 heteroatoms. The molecule has 4 nitrogen and oxygen atoms in total. The lowest BCUT2D eigenvalue weighted by Crippen LogP contribution is -2.51. The molecule has 1 aliphatic carbocycles. The number of hydrogen-bond donors (Lipinski definition) is 2. The molecule has 152 valence electrons. The predicted octanol–water partition coefficient (Wildman–Crippen LogP) is 5.43. The van der Waals surface area contributed by atoms with E-state index < -0.39 is 5.54 Å². The van der Waals surface area contributed by atoms with Crippen LogP contribution in [0, 0.1) is 6.92 Å². The minimum Gasteiger partial charge on any atom is -0.509 e. The van der Waals surface area contributed by atoms with Gasteiger partial charge in [0.1, 0.15) is 5.76 Å². The van der Waals surface area contributed by atoms with E-state index in [1.165, 1.54) is 0 Å². The molecule has 0 unspecified atom stereocenters. The van der Waals surface area contributed by atoms with Crippen molar-refractivity contribution < 1.29 is 14.6 Å². The first-order chi connectivity index (χ1) is 13.8. The molecule has 1 spiro atoms. The lowest BCUT2D eigenvalue weighted by Gasteiger charge is -2.42. The summed E-state index contributed by atoms with van der Waals surface area (Å²) in [5.74, 6) is -0.0446. The molecule has 1 amide bonds. The van der Waals surface area contributed by atoms with Gasteiger partial charge in [0.05, 0.1) is 16.7 Å². The van der Waals surface area contributed by atoms with Crippen molar-refractivity contribution in [1.82, 2.24) is 5.32 Å². The molecule has 2 aliphatic rings. The summed E-state index contributed by atoms with van der Waals surface area (Å²) in [5.41, 5.74) is 3.21. The molecule has 1 saturated carbocycles. The van der Waals surface area contributed by atoms with Crippen LogP contribution in [0.1, 0.15) is 43.7 Å². The van der Waals surface area contributed by atoms with Crippen molar-refractivity contribution in [3.05, 3.63) is 64.4 Å². The molecule has 0 aromatic heterocycles. The van der Waals surface area contributed by atoms with Crippen molar-refractivity contribution in [2.24, 2.45) is 0 Å². The minimum atomic E-state index is -0.687. The van der Waals surface area contributed by atoms with Gasteiger partial charge in [-0.2, -0.15) is 0 Å². The Morgan fingerprint density at radius 2 is 1.66 bits per heavy atom. The number of aliphatic hydroxyl groups excluding tert-OH is 1. The SMILES string of the molecule is CO[C@]1(C)CC[C@@]2(CC1)NC(=O)C(c1cc(-c3ccc(Cl)cc3)ccc1C)=C2O. The Labute approximate surface area is 176 Å². The number of hydrogen-bond acceptors (Lipinski definition) is 3. The third-order valence-corrected chi connectivity index (χ3v) is 6.86. The maximum Gasteiger partial charge on any atom is 0.256 e. The van der Waals surface area contributed by atoms with Crippen LogP contribution < -0.4 is 5.32 Å². The van der Waals surface area contributed by atoms with Gasteiger partial charge in [-0.05, 0) is 80.0 Å². The van der Waals surface area contributed by atoms with Crippen LogP contribution in [0.2, 0.25) is 5.02 Å². The highest BCUT2D eigenvalue weighted by Gasteiger charge is 2.50. The summed E-state index contributed by atoms with van der Waals surface area (Å²) in [7, 11) is 1.72. The molecule has 2 aromatic carbocycles. The van der Waals surface area contributed by atoms with Crippen molar-refractivity contribution in [2.75, 3.05) is 7.11 Å². The minimum absolute atomic E-state index is 0.164. The van der Waals surface area contributed by atoms with E-state index in [9.17, 15) is 9.90 Å². The van der Waals surface area contributed by atoms with Gasteiger partial charge in [-0.15, -0.1) is 0 Å². The van der Waals surface area contributed by atoms with Crippen LogP contribution in [0.15, 0.2) is 48.2 Å². The summed E-state index contributed by atoms with van der Waals surface area (Å²) in [6, 6.07) is 13.6. The van der Waals surface area contributed by atoms with Crippen LogP contribution in [-0.4, -0.2) is 29.3 Å². The average molecular weight is 412 g/mol. The van der Waals surface area contributed by atoms with E-state index >= 15 is 0 Å². The zero-order valence-electron chi connectivity index (χ0n) is 17.0. The van der Waals surface area contributed by atoms with Gasteiger partial charge in [-0.25, -0.2) is 0 Å². The van der Waals surface area contributed by atoms with E-state index in [0.29, 0.717) is 23.4 Å². The van der Waals surface area contributed by atoms with Crippen molar-refractivity contribution in [2.45, 2.75) is 50.7 Å². The number of aliphatic hydroxyl groups is 1. The maximum absolute atomic E-state index is 13.0. The summed E-state index contributed by atoms with van der Waals surface area (Å²) in [4.78, 5) is 13.0. The first-order valence-electron chi connectivity index (χ1n) is 9.95. The van der Waals surface area contributed by atoms with E-state index in [-0.39, 0.29) is 17.3 Å². The van der Waals surface area contributed by atoms with Crippen molar-refractivity contribution in [3.63, 3.8) is 0 Å². The monoisotopic (exact) mass is 411 g/mol. The lowest BCUT2D eigenvalue weighted by molar-refractivity contribution is -0.117. The number of ether oxygens (including phenoxy) is 1. The molecule has 0 radical (unpaired) electrons. The number of carbonyl (C=O) groups excluding carboxylic acids is 1. The number of rotatable bonds is 3. The van der Waals surface area contributed by atoms with Crippen molar-refractivity contribution >= 4 is 23.1 Å². The highest BCUT2D eigenvalue weighted by Crippen LogP contribution is 2.45. The van der Waals surface area contributed by atoms with Crippen LogP contribution in [0.4, 0.5) is 0 Å². The van der Waals surface area contributed by atoms with Gasteiger partial charge in [0.25, 0.3) is 5.91 Å². The Balaban J connectivity index is 1.74. The lowest BCUT2D eigenvalue weighted by atomic mass is 9.74. The first-order valence-corrected chi connectivity index (χ1v) is 10.3. The van der Waals surface area contributed by atoms with Crippen LogP contribution in [0.3, 0.4) is 0 Å². The molecule has 0 bridgehead atoms. The van der Waals surface area contributed by atoms with Crippen LogP contribution in [0.5, 0.6) is 0 Å². The highest BCUT2D eigenvalue weighted by atomic mass is 35.5. The molecule has 1 heterocycles. The summed E-state index contributed by atoms with van der Waals surface area (Å²) >= 11 is 6.01. The molecule has 2 N–H and O–H groups in total. The van der Waals surface area contributed by atoms with Gasteiger partial charge in [-0.1, -0.05) is 35.9 Å². The summed E-state index contributed by atoms with van der Waals surface area (Å²) < 4.78 is 5.63. The number of carbonyl (C=O) groups is 1. The van der Waals surface area contributed by atoms with E-state index in [1.54, 1.807) is 7.11 Å². The van der Waals surface area contributed by atoms with Gasteiger partial charge < -0.3 is 15.2 Å². The fourth-order valence-corrected chi connectivity index (χ4v) is 4.55. The molecular weight excluding hydrogens is 386 g/mol. The molecule has 0 saturated heterocycles.